The summed E-state index contributed by atoms with van der Waals surface area (Å²) in [5, 5.41) is 0. The lowest BCUT2D eigenvalue weighted by atomic mass is 10.0. The maximum Gasteiger partial charge on any atom is 0.141 e. The molecule has 1 aromatic heterocycles. The van der Waals surface area contributed by atoms with Crippen molar-refractivity contribution in [3.05, 3.63) is 28.5 Å². The van der Waals surface area contributed by atoms with Gasteiger partial charge >= 0.3 is 0 Å². The Bertz CT molecular complexity index is 320. The Hall–Kier alpha value is -0.700. The van der Waals surface area contributed by atoms with Crippen LogP contribution in [0.2, 0.25) is 0 Å². The number of rotatable bonds is 1. The molecule has 0 N–H and O–H groups in total. The number of carbonyl (C=O) groups excluding carboxylic acids is 1. The maximum atomic E-state index is 11.4. The zero-order chi connectivity index (χ0) is 9.26. The average Bonchev–Trinajstić information content (AvgIpc) is 2.53. The highest BCUT2D eigenvalue weighted by Crippen LogP contribution is 2.30. The van der Waals surface area contributed by atoms with Crippen LogP contribution in [0.15, 0.2) is 22.8 Å². The van der Waals surface area contributed by atoms with Crippen molar-refractivity contribution >= 4 is 21.7 Å². The van der Waals surface area contributed by atoms with Crippen molar-refractivity contribution in [1.82, 2.24) is 4.98 Å². The number of ketones is 1. The third kappa shape index (κ3) is 1.80. The first kappa shape index (κ1) is 8.88. The third-order valence-electron chi connectivity index (χ3n) is 2.41. The topological polar surface area (TPSA) is 30.0 Å². The predicted octanol–water partition coefficient (Wildman–Crippen LogP) is 2.68. The molecular weight excluding hydrogens is 230 g/mol. The second-order valence-corrected chi connectivity index (χ2v) is 4.23. The van der Waals surface area contributed by atoms with E-state index in [-0.39, 0.29) is 5.92 Å². The lowest BCUT2D eigenvalue weighted by molar-refractivity contribution is -0.118. The molecule has 0 aliphatic heterocycles. The summed E-state index contributed by atoms with van der Waals surface area (Å²) in [6.07, 6.45) is 4.46. The summed E-state index contributed by atoms with van der Waals surface area (Å²) in [5.41, 5.74) is 0.922. The van der Waals surface area contributed by atoms with E-state index in [0.717, 1.165) is 29.4 Å². The lowest BCUT2D eigenvalue weighted by Gasteiger charge is -2.05. The Balaban J connectivity index is 2.25. The van der Waals surface area contributed by atoms with E-state index in [1.54, 1.807) is 6.20 Å². The number of Topliss-reactive ketones (excluding diaryl/α,β-unsaturated/α-hetero) is 1. The molecule has 2 rings (SSSR count). The summed E-state index contributed by atoms with van der Waals surface area (Å²) < 4.78 is 0.960. The average molecular weight is 240 g/mol. The Kier molecular flexibility index (Phi) is 2.44. The van der Waals surface area contributed by atoms with Gasteiger partial charge in [-0.3, -0.25) is 9.78 Å². The summed E-state index contributed by atoms with van der Waals surface area (Å²) >= 11 is 3.32. The minimum atomic E-state index is 0.0631. The van der Waals surface area contributed by atoms with Gasteiger partial charge in [-0.25, -0.2) is 0 Å². The molecule has 1 fully saturated rings. The van der Waals surface area contributed by atoms with Crippen LogP contribution in [-0.4, -0.2) is 10.8 Å². The zero-order valence-electron chi connectivity index (χ0n) is 7.16. The van der Waals surface area contributed by atoms with Crippen molar-refractivity contribution in [2.45, 2.75) is 25.2 Å². The standard InChI is InChI=1S/C10H10BrNO/c11-7-4-5-9(12-6-7)8-2-1-3-10(8)13/h4-6,8H,1-3H2/t8-/m0/s1. The minimum Gasteiger partial charge on any atom is -0.299 e. The highest BCUT2D eigenvalue weighted by molar-refractivity contribution is 9.10. The molecule has 0 bridgehead atoms. The van der Waals surface area contributed by atoms with Gasteiger partial charge in [-0.15, -0.1) is 0 Å². The second kappa shape index (κ2) is 3.58. The van der Waals surface area contributed by atoms with E-state index in [2.05, 4.69) is 20.9 Å². The van der Waals surface area contributed by atoms with E-state index in [0.29, 0.717) is 5.78 Å². The van der Waals surface area contributed by atoms with Gasteiger partial charge in [0.2, 0.25) is 0 Å². The van der Waals surface area contributed by atoms with Gasteiger partial charge in [0.25, 0.3) is 0 Å². The van der Waals surface area contributed by atoms with Gasteiger partial charge in [0, 0.05) is 17.1 Å². The molecule has 0 spiro atoms. The Morgan fingerprint density at radius 2 is 2.31 bits per heavy atom. The Morgan fingerprint density at radius 1 is 1.46 bits per heavy atom. The molecule has 0 radical (unpaired) electrons. The van der Waals surface area contributed by atoms with Crippen LogP contribution in [0.1, 0.15) is 30.9 Å². The molecule has 1 aliphatic carbocycles. The number of carbonyl (C=O) groups is 1. The maximum absolute atomic E-state index is 11.4. The van der Waals surface area contributed by atoms with Gasteiger partial charge in [0.15, 0.2) is 0 Å². The van der Waals surface area contributed by atoms with E-state index in [4.69, 9.17) is 0 Å². The van der Waals surface area contributed by atoms with Crippen molar-refractivity contribution in [2.24, 2.45) is 0 Å². The molecule has 3 heteroatoms. The molecule has 1 heterocycles. The summed E-state index contributed by atoms with van der Waals surface area (Å²) in [5.74, 6) is 0.405. The largest absolute Gasteiger partial charge is 0.299 e. The van der Waals surface area contributed by atoms with Crippen molar-refractivity contribution < 1.29 is 4.79 Å². The fourth-order valence-corrected chi connectivity index (χ4v) is 1.96. The molecule has 0 amide bonds. The quantitative estimate of drug-likeness (QED) is 0.755. The van der Waals surface area contributed by atoms with E-state index < -0.39 is 0 Å². The minimum absolute atomic E-state index is 0.0631. The normalized spacial score (nSPS) is 22.2. The van der Waals surface area contributed by atoms with Crippen LogP contribution in [0.4, 0.5) is 0 Å². The number of hydrogen-bond donors (Lipinski definition) is 0. The van der Waals surface area contributed by atoms with Crippen LogP contribution in [-0.2, 0) is 4.79 Å². The fourth-order valence-electron chi connectivity index (χ4n) is 1.72. The van der Waals surface area contributed by atoms with Crippen LogP contribution in [0.3, 0.4) is 0 Å². The van der Waals surface area contributed by atoms with Crippen LogP contribution in [0.25, 0.3) is 0 Å². The smallest absolute Gasteiger partial charge is 0.141 e. The van der Waals surface area contributed by atoms with Crippen LogP contribution in [0.5, 0.6) is 0 Å². The number of nitrogens with zero attached hydrogens (tertiary/aromatic N) is 1. The molecule has 1 atom stereocenters. The molecule has 1 aliphatic rings. The molecule has 0 saturated heterocycles. The van der Waals surface area contributed by atoms with Gasteiger partial charge in [-0.05, 0) is 40.9 Å². The number of hydrogen-bond acceptors (Lipinski definition) is 2. The molecular formula is C10H10BrNO. The molecule has 13 heavy (non-hydrogen) atoms. The van der Waals surface area contributed by atoms with E-state index in [1.807, 2.05) is 12.1 Å². The monoisotopic (exact) mass is 239 g/mol. The molecule has 2 nitrogen and oxygen atoms in total. The summed E-state index contributed by atoms with van der Waals surface area (Å²) in [6, 6.07) is 3.87. The Morgan fingerprint density at radius 3 is 2.85 bits per heavy atom. The first-order valence-electron chi connectivity index (χ1n) is 4.41. The van der Waals surface area contributed by atoms with Gasteiger partial charge in [0.1, 0.15) is 5.78 Å². The first-order chi connectivity index (χ1) is 6.27. The van der Waals surface area contributed by atoms with Crippen molar-refractivity contribution in [1.29, 1.82) is 0 Å². The highest BCUT2D eigenvalue weighted by atomic mass is 79.9. The van der Waals surface area contributed by atoms with Crippen molar-refractivity contribution in [3.8, 4) is 0 Å². The van der Waals surface area contributed by atoms with Crippen LogP contribution >= 0.6 is 15.9 Å². The first-order valence-corrected chi connectivity index (χ1v) is 5.21. The molecule has 1 aromatic rings. The number of aromatic nitrogens is 1. The Labute approximate surface area is 85.5 Å². The number of halogens is 1. The lowest BCUT2D eigenvalue weighted by Crippen LogP contribution is -2.05. The molecule has 68 valence electrons. The van der Waals surface area contributed by atoms with Crippen LogP contribution < -0.4 is 0 Å². The van der Waals surface area contributed by atoms with Crippen molar-refractivity contribution in [3.63, 3.8) is 0 Å². The van der Waals surface area contributed by atoms with Gasteiger partial charge in [-0.1, -0.05) is 0 Å². The number of pyridine rings is 1. The fraction of sp³-hybridized carbons (Fsp3) is 0.400. The molecule has 1 saturated carbocycles. The summed E-state index contributed by atoms with van der Waals surface area (Å²) in [4.78, 5) is 15.7. The molecule has 0 aromatic carbocycles. The van der Waals surface area contributed by atoms with E-state index >= 15 is 0 Å². The molecule has 0 unspecified atom stereocenters. The van der Waals surface area contributed by atoms with Gasteiger partial charge < -0.3 is 0 Å². The zero-order valence-corrected chi connectivity index (χ0v) is 8.75. The SMILES string of the molecule is O=C1CCC[C@H]1c1ccc(Br)cn1. The van der Waals surface area contributed by atoms with Gasteiger partial charge in [-0.2, -0.15) is 0 Å². The second-order valence-electron chi connectivity index (χ2n) is 3.31. The van der Waals surface area contributed by atoms with Crippen LogP contribution in [0, 0.1) is 0 Å². The summed E-state index contributed by atoms with van der Waals surface area (Å²) in [7, 11) is 0. The van der Waals surface area contributed by atoms with E-state index in [9.17, 15) is 4.79 Å². The van der Waals surface area contributed by atoms with E-state index in [1.165, 1.54) is 0 Å². The predicted molar refractivity (Wildman–Crippen MR) is 53.5 cm³/mol. The van der Waals surface area contributed by atoms with Crippen molar-refractivity contribution in [2.75, 3.05) is 0 Å². The summed E-state index contributed by atoms with van der Waals surface area (Å²) in [6.45, 7) is 0. The highest BCUT2D eigenvalue weighted by Gasteiger charge is 2.26. The van der Waals surface area contributed by atoms with Gasteiger partial charge in [0.05, 0.1) is 11.6 Å². The third-order valence-corrected chi connectivity index (χ3v) is 2.88.